The number of carbonyl (C=O) groups excluding carboxylic acids is 1. The van der Waals surface area contributed by atoms with Crippen LogP contribution in [0.1, 0.15) is 6.42 Å². The predicted octanol–water partition coefficient (Wildman–Crippen LogP) is -0.235. The number of anilines is 1. The summed E-state index contributed by atoms with van der Waals surface area (Å²) in [6.45, 7) is -0.415. The van der Waals surface area contributed by atoms with Crippen molar-refractivity contribution < 1.29 is 26.4 Å². The van der Waals surface area contributed by atoms with E-state index in [1.807, 2.05) is 0 Å². The number of amides is 1. The van der Waals surface area contributed by atoms with Crippen LogP contribution in [-0.4, -0.2) is 60.2 Å². The van der Waals surface area contributed by atoms with Gasteiger partial charge in [0, 0.05) is 6.04 Å². The second-order valence-corrected chi connectivity index (χ2v) is 9.77. The maximum Gasteiger partial charge on any atom is 0.241 e. The molecule has 0 saturated carbocycles. The summed E-state index contributed by atoms with van der Waals surface area (Å²) in [5.41, 5.74) is 0.326. The van der Waals surface area contributed by atoms with Gasteiger partial charge in [0.25, 0.3) is 0 Å². The monoisotopic (exact) mass is 376 g/mol. The van der Waals surface area contributed by atoms with Crippen LogP contribution in [0.2, 0.25) is 0 Å². The van der Waals surface area contributed by atoms with Gasteiger partial charge in [0.2, 0.25) is 15.9 Å². The largest absolute Gasteiger partial charge is 0.497 e. The van der Waals surface area contributed by atoms with Crippen molar-refractivity contribution in [2.75, 3.05) is 35.7 Å². The number of ether oxygens (including phenoxy) is 1. The lowest BCUT2D eigenvalue weighted by molar-refractivity contribution is -0.120. The molecule has 0 aromatic heterocycles. The van der Waals surface area contributed by atoms with Crippen molar-refractivity contribution in [3.05, 3.63) is 24.3 Å². The van der Waals surface area contributed by atoms with Crippen LogP contribution in [0.4, 0.5) is 5.69 Å². The molecule has 1 aromatic carbocycles. The SMILES string of the molecule is COc1ccc(N(CC(=O)NC2CCS(=O)(=O)C2)S(C)(=O)=O)cc1. The summed E-state index contributed by atoms with van der Waals surface area (Å²) in [5.74, 6) is -0.0574. The fourth-order valence-electron chi connectivity index (χ4n) is 2.46. The third-order valence-electron chi connectivity index (χ3n) is 3.65. The molecule has 1 unspecified atom stereocenters. The number of benzene rings is 1. The van der Waals surface area contributed by atoms with E-state index in [0.29, 0.717) is 17.9 Å². The Morgan fingerprint density at radius 3 is 2.42 bits per heavy atom. The minimum Gasteiger partial charge on any atom is -0.497 e. The summed E-state index contributed by atoms with van der Waals surface area (Å²) < 4.78 is 52.8. The molecule has 1 aromatic rings. The van der Waals surface area contributed by atoms with Crippen molar-refractivity contribution in [2.45, 2.75) is 12.5 Å². The first kappa shape index (κ1) is 18.5. The Labute approximate surface area is 141 Å². The van der Waals surface area contributed by atoms with Crippen LogP contribution >= 0.6 is 0 Å². The molecule has 1 aliphatic rings. The Balaban J connectivity index is 2.10. The lowest BCUT2D eigenvalue weighted by atomic mass is 10.2. The zero-order valence-electron chi connectivity index (χ0n) is 13.4. The standard InChI is InChI=1S/C14H20N2O6S2/c1-22-13-5-3-12(4-6-13)16(23(2,18)19)9-14(17)15-11-7-8-24(20,21)10-11/h3-6,11H,7-10H2,1-2H3,(H,15,17). The number of hydrogen-bond acceptors (Lipinski definition) is 6. The fraction of sp³-hybridized carbons (Fsp3) is 0.500. The van der Waals surface area contributed by atoms with E-state index in [0.717, 1.165) is 10.6 Å². The Hall–Kier alpha value is -1.81. The first-order valence-corrected chi connectivity index (χ1v) is 10.9. The van der Waals surface area contributed by atoms with Crippen LogP contribution in [0.3, 0.4) is 0 Å². The van der Waals surface area contributed by atoms with Gasteiger partial charge in [0.1, 0.15) is 12.3 Å². The Morgan fingerprint density at radius 1 is 1.33 bits per heavy atom. The highest BCUT2D eigenvalue weighted by molar-refractivity contribution is 7.92. The zero-order chi connectivity index (χ0) is 18.0. The number of nitrogens with zero attached hydrogens (tertiary/aromatic N) is 1. The van der Waals surface area contributed by atoms with E-state index in [4.69, 9.17) is 4.74 Å². The van der Waals surface area contributed by atoms with Crippen molar-refractivity contribution in [1.82, 2.24) is 5.32 Å². The van der Waals surface area contributed by atoms with Gasteiger partial charge in [-0.05, 0) is 30.7 Å². The summed E-state index contributed by atoms with van der Waals surface area (Å²) in [6, 6.07) is 5.78. The molecule has 8 nitrogen and oxygen atoms in total. The molecule has 0 radical (unpaired) electrons. The van der Waals surface area contributed by atoms with Crippen LogP contribution in [0.25, 0.3) is 0 Å². The zero-order valence-corrected chi connectivity index (χ0v) is 15.1. The van der Waals surface area contributed by atoms with Gasteiger partial charge in [-0.2, -0.15) is 0 Å². The van der Waals surface area contributed by atoms with E-state index >= 15 is 0 Å². The van der Waals surface area contributed by atoms with Gasteiger partial charge in [-0.3, -0.25) is 9.10 Å². The molecule has 1 atom stereocenters. The molecule has 0 bridgehead atoms. The highest BCUT2D eigenvalue weighted by Crippen LogP contribution is 2.21. The summed E-state index contributed by atoms with van der Waals surface area (Å²) in [6.07, 6.45) is 1.35. The molecule has 24 heavy (non-hydrogen) atoms. The lowest BCUT2D eigenvalue weighted by Crippen LogP contribution is -2.44. The third kappa shape index (κ3) is 4.84. The number of methoxy groups -OCH3 is 1. The first-order valence-electron chi connectivity index (χ1n) is 7.22. The fourth-order valence-corrected chi connectivity index (χ4v) is 4.99. The van der Waals surface area contributed by atoms with Crippen LogP contribution in [0, 0.1) is 0 Å². The number of sulfonamides is 1. The summed E-state index contributed by atoms with van der Waals surface area (Å²) in [5, 5.41) is 2.58. The van der Waals surface area contributed by atoms with Gasteiger partial charge in [-0.25, -0.2) is 16.8 Å². The van der Waals surface area contributed by atoms with Crippen LogP contribution in [0.5, 0.6) is 5.75 Å². The highest BCUT2D eigenvalue weighted by Gasteiger charge is 2.30. The first-order chi connectivity index (χ1) is 11.1. The summed E-state index contributed by atoms with van der Waals surface area (Å²) in [4.78, 5) is 12.1. The quantitative estimate of drug-likeness (QED) is 0.734. The molecule has 1 amide bonds. The Kier molecular flexibility index (Phi) is 5.38. The van der Waals surface area contributed by atoms with E-state index < -0.39 is 38.4 Å². The van der Waals surface area contributed by atoms with Crippen LogP contribution in [0.15, 0.2) is 24.3 Å². The Morgan fingerprint density at radius 2 is 1.96 bits per heavy atom. The van der Waals surface area contributed by atoms with Crippen molar-refractivity contribution in [2.24, 2.45) is 0 Å². The second kappa shape index (κ2) is 6.98. The number of hydrogen-bond donors (Lipinski definition) is 1. The number of sulfone groups is 1. The number of carbonyl (C=O) groups is 1. The minimum absolute atomic E-state index is 0.0339. The molecule has 1 N–H and O–H groups in total. The van der Waals surface area contributed by atoms with Gasteiger partial charge in [0.15, 0.2) is 9.84 Å². The minimum atomic E-state index is -3.68. The van der Waals surface area contributed by atoms with E-state index in [1.54, 1.807) is 12.1 Å². The molecule has 1 heterocycles. The molecular weight excluding hydrogens is 356 g/mol. The maximum atomic E-state index is 12.1. The van der Waals surface area contributed by atoms with Gasteiger partial charge < -0.3 is 10.1 Å². The molecule has 0 spiro atoms. The van der Waals surface area contributed by atoms with Crippen LogP contribution in [-0.2, 0) is 24.7 Å². The molecule has 2 rings (SSSR count). The molecule has 1 fully saturated rings. The molecular formula is C14H20N2O6S2. The second-order valence-electron chi connectivity index (χ2n) is 5.64. The van der Waals surface area contributed by atoms with Gasteiger partial charge in [-0.1, -0.05) is 0 Å². The molecule has 134 valence electrons. The summed E-state index contributed by atoms with van der Waals surface area (Å²) in [7, 11) is -5.30. The smallest absolute Gasteiger partial charge is 0.241 e. The topological polar surface area (TPSA) is 110 Å². The summed E-state index contributed by atoms with van der Waals surface area (Å²) >= 11 is 0. The van der Waals surface area contributed by atoms with Crippen molar-refractivity contribution in [1.29, 1.82) is 0 Å². The average Bonchev–Trinajstić information content (AvgIpc) is 2.82. The predicted molar refractivity (Wildman–Crippen MR) is 90.4 cm³/mol. The third-order valence-corrected chi connectivity index (χ3v) is 6.55. The molecule has 1 saturated heterocycles. The highest BCUT2D eigenvalue weighted by atomic mass is 32.2. The Bertz CT molecular complexity index is 802. The number of rotatable bonds is 6. The molecule has 0 aliphatic carbocycles. The normalized spacial score (nSPS) is 19.7. The maximum absolute atomic E-state index is 12.1. The van der Waals surface area contributed by atoms with E-state index in [-0.39, 0.29) is 11.5 Å². The van der Waals surface area contributed by atoms with E-state index in [2.05, 4.69) is 5.32 Å². The van der Waals surface area contributed by atoms with Crippen molar-refractivity contribution in [3.8, 4) is 5.75 Å². The van der Waals surface area contributed by atoms with Crippen molar-refractivity contribution in [3.63, 3.8) is 0 Å². The average molecular weight is 376 g/mol. The molecule has 1 aliphatic heterocycles. The van der Waals surface area contributed by atoms with Crippen LogP contribution < -0.4 is 14.4 Å². The van der Waals surface area contributed by atoms with E-state index in [9.17, 15) is 21.6 Å². The number of nitrogens with one attached hydrogen (secondary N) is 1. The van der Waals surface area contributed by atoms with Gasteiger partial charge in [-0.15, -0.1) is 0 Å². The van der Waals surface area contributed by atoms with Crippen molar-refractivity contribution >= 4 is 31.5 Å². The van der Waals surface area contributed by atoms with Gasteiger partial charge >= 0.3 is 0 Å². The van der Waals surface area contributed by atoms with Gasteiger partial charge in [0.05, 0.1) is 30.6 Å². The lowest BCUT2D eigenvalue weighted by Gasteiger charge is -2.23. The molecule has 10 heteroatoms. The van der Waals surface area contributed by atoms with E-state index in [1.165, 1.54) is 19.2 Å².